The van der Waals surface area contributed by atoms with E-state index in [1.807, 2.05) is 48.7 Å². The summed E-state index contributed by atoms with van der Waals surface area (Å²) in [6.45, 7) is 2.42. The molecule has 2 N–H and O–H groups in total. The number of carbonyl (C=O) groups is 2. The smallest absolute Gasteiger partial charge is 0.267 e. The summed E-state index contributed by atoms with van der Waals surface area (Å²) in [4.78, 5) is 26.3. The van der Waals surface area contributed by atoms with Gasteiger partial charge in [-0.05, 0) is 54.3 Å². The van der Waals surface area contributed by atoms with Crippen LogP contribution in [-0.2, 0) is 10.5 Å². The molecule has 0 unspecified atom stereocenters. The molecule has 0 atom stereocenters. The normalized spacial score (nSPS) is 11.3. The highest BCUT2D eigenvalue weighted by Crippen LogP contribution is 2.24. The van der Waals surface area contributed by atoms with Crippen LogP contribution in [0, 0.1) is 6.92 Å². The lowest BCUT2D eigenvalue weighted by Gasteiger charge is -2.11. The third kappa shape index (κ3) is 7.41. The van der Waals surface area contributed by atoms with Gasteiger partial charge in [-0.1, -0.05) is 53.0 Å². The van der Waals surface area contributed by atoms with Crippen LogP contribution < -0.4 is 10.6 Å². The maximum Gasteiger partial charge on any atom is 0.267 e. The average Bonchev–Trinajstić information content (AvgIpc) is 3.29. The summed E-state index contributed by atoms with van der Waals surface area (Å²) in [5, 5.41) is 8.62. The molecule has 0 aliphatic heterocycles. The molecule has 2 amide bonds. The minimum atomic E-state index is -0.325. The Hall–Kier alpha value is -2.25. The molecule has 0 fully saturated rings. The zero-order valence-electron chi connectivity index (χ0n) is 17.4. The van der Waals surface area contributed by atoms with Gasteiger partial charge in [-0.2, -0.15) is 11.8 Å². The summed E-state index contributed by atoms with van der Waals surface area (Å²) in [5.41, 5.74) is 2.84. The SMILES string of the molecule is Cc1ccc(C(=O)N/C(=C\c2cccs2)C(=O)NCCSCc2ccc(Cl)c(Cl)c2)cc1. The number of carbonyl (C=O) groups excluding carboxylic acids is 2. The maximum absolute atomic E-state index is 12.8. The number of hydrogen-bond acceptors (Lipinski definition) is 4. The van der Waals surface area contributed by atoms with Crippen molar-refractivity contribution < 1.29 is 9.59 Å². The molecule has 0 spiro atoms. The van der Waals surface area contributed by atoms with Crippen LogP contribution in [0.25, 0.3) is 6.08 Å². The van der Waals surface area contributed by atoms with Gasteiger partial charge < -0.3 is 10.6 Å². The number of benzene rings is 2. The predicted molar refractivity (Wildman–Crippen MR) is 137 cm³/mol. The van der Waals surface area contributed by atoms with Gasteiger partial charge in [0, 0.05) is 28.5 Å². The van der Waals surface area contributed by atoms with Crippen molar-refractivity contribution in [1.29, 1.82) is 0 Å². The Labute approximate surface area is 206 Å². The molecule has 32 heavy (non-hydrogen) atoms. The highest BCUT2D eigenvalue weighted by atomic mass is 35.5. The Kier molecular flexibility index (Phi) is 9.23. The van der Waals surface area contributed by atoms with E-state index in [2.05, 4.69) is 10.6 Å². The van der Waals surface area contributed by atoms with Crippen molar-refractivity contribution >= 4 is 64.2 Å². The second-order valence-electron chi connectivity index (χ2n) is 6.95. The van der Waals surface area contributed by atoms with Gasteiger partial charge in [0.15, 0.2) is 0 Å². The summed E-state index contributed by atoms with van der Waals surface area (Å²) in [6, 6.07) is 16.6. The first-order chi connectivity index (χ1) is 15.4. The molecule has 166 valence electrons. The van der Waals surface area contributed by atoms with Gasteiger partial charge in [0.05, 0.1) is 10.0 Å². The Morgan fingerprint density at radius 3 is 2.53 bits per heavy atom. The number of amides is 2. The highest BCUT2D eigenvalue weighted by Gasteiger charge is 2.14. The number of thiophene rings is 1. The first-order valence-corrected chi connectivity index (χ1v) is 12.6. The first kappa shape index (κ1) is 24.4. The molecule has 0 saturated heterocycles. The molecule has 3 rings (SSSR count). The van der Waals surface area contributed by atoms with Crippen LogP contribution >= 0.6 is 46.3 Å². The zero-order chi connectivity index (χ0) is 22.9. The minimum absolute atomic E-state index is 0.215. The van der Waals surface area contributed by atoms with Gasteiger partial charge in [0.2, 0.25) is 0 Å². The largest absolute Gasteiger partial charge is 0.350 e. The van der Waals surface area contributed by atoms with E-state index in [0.717, 1.165) is 21.8 Å². The number of halogens is 2. The molecule has 2 aromatic carbocycles. The van der Waals surface area contributed by atoms with Gasteiger partial charge in [0.25, 0.3) is 11.8 Å². The molecule has 0 bridgehead atoms. The number of rotatable bonds is 9. The quantitative estimate of drug-likeness (QED) is 0.270. The van der Waals surface area contributed by atoms with Crippen molar-refractivity contribution in [3.05, 3.63) is 97.3 Å². The van der Waals surface area contributed by atoms with Crippen LogP contribution in [-0.4, -0.2) is 24.1 Å². The Bertz CT molecular complexity index is 1100. The fourth-order valence-electron chi connectivity index (χ4n) is 2.72. The molecular formula is C24H22Cl2N2O2S2. The van der Waals surface area contributed by atoms with Crippen LogP contribution in [0.15, 0.2) is 65.7 Å². The summed E-state index contributed by atoms with van der Waals surface area (Å²) in [5.74, 6) is 0.824. The minimum Gasteiger partial charge on any atom is -0.350 e. The maximum atomic E-state index is 12.8. The van der Waals surface area contributed by atoms with Crippen LogP contribution in [0.3, 0.4) is 0 Å². The number of hydrogen-bond donors (Lipinski definition) is 2. The Morgan fingerprint density at radius 2 is 1.84 bits per heavy atom. The standard InChI is InChI=1S/C24H22Cl2N2O2S2/c1-16-4-7-18(8-5-16)23(29)28-22(14-19-3-2-11-32-19)24(30)27-10-12-31-15-17-6-9-20(25)21(26)13-17/h2-9,11,13-14H,10,12,15H2,1H3,(H,27,30)(H,28,29)/b22-14-. The van der Waals surface area contributed by atoms with Crippen molar-refractivity contribution in [3.8, 4) is 0 Å². The van der Waals surface area contributed by atoms with Crippen LogP contribution in [0.5, 0.6) is 0 Å². The van der Waals surface area contributed by atoms with Crippen LogP contribution in [0.4, 0.5) is 0 Å². The van der Waals surface area contributed by atoms with Gasteiger partial charge in [0.1, 0.15) is 5.70 Å². The summed E-state index contributed by atoms with van der Waals surface area (Å²) in [7, 11) is 0. The second kappa shape index (κ2) is 12.1. The molecule has 4 nitrogen and oxygen atoms in total. The molecule has 0 radical (unpaired) electrons. The fraction of sp³-hybridized carbons (Fsp3) is 0.167. The van der Waals surface area contributed by atoms with Crippen LogP contribution in [0.1, 0.15) is 26.4 Å². The highest BCUT2D eigenvalue weighted by molar-refractivity contribution is 7.98. The van der Waals surface area contributed by atoms with E-state index in [9.17, 15) is 9.59 Å². The molecule has 0 saturated carbocycles. The number of nitrogens with one attached hydrogen (secondary N) is 2. The van der Waals surface area contributed by atoms with Crippen molar-refractivity contribution in [3.63, 3.8) is 0 Å². The fourth-order valence-corrected chi connectivity index (χ4v) is 4.51. The van der Waals surface area contributed by atoms with Crippen LogP contribution in [0.2, 0.25) is 10.0 Å². The number of aryl methyl sites for hydroxylation is 1. The van der Waals surface area contributed by atoms with E-state index in [-0.39, 0.29) is 17.5 Å². The van der Waals surface area contributed by atoms with Gasteiger partial charge in [-0.15, -0.1) is 11.3 Å². The molecular weight excluding hydrogens is 483 g/mol. The zero-order valence-corrected chi connectivity index (χ0v) is 20.5. The Morgan fingerprint density at radius 1 is 1.06 bits per heavy atom. The van der Waals surface area contributed by atoms with Crippen molar-refractivity contribution in [1.82, 2.24) is 10.6 Å². The van der Waals surface area contributed by atoms with Crippen molar-refractivity contribution in [2.45, 2.75) is 12.7 Å². The second-order valence-corrected chi connectivity index (χ2v) is 9.85. The van der Waals surface area contributed by atoms with Gasteiger partial charge >= 0.3 is 0 Å². The van der Waals surface area contributed by atoms with Crippen molar-refractivity contribution in [2.75, 3.05) is 12.3 Å². The topological polar surface area (TPSA) is 58.2 Å². The van der Waals surface area contributed by atoms with Gasteiger partial charge in [-0.3, -0.25) is 9.59 Å². The van der Waals surface area contributed by atoms with E-state index < -0.39 is 0 Å². The predicted octanol–water partition coefficient (Wildman–Crippen LogP) is 6.18. The average molecular weight is 505 g/mol. The van der Waals surface area contributed by atoms with E-state index >= 15 is 0 Å². The van der Waals surface area contributed by atoms with E-state index in [4.69, 9.17) is 23.2 Å². The van der Waals surface area contributed by atoms with Gasteiger partial charge in [-0.25, -0.2) is 0 Å². The third-order valence-corrected chi connectivity index (χ3v) is 7.01. The number of thioether (sulfide) groups is 1. The molecule has 3 aromatic rings. The van der Waals surface area contributed by atoms with E-state index in [1.54, 1.807) is 36.0 Å². The van der Waals surface area contributed by atoms with Crippen molar-refractivity contribution in [2.24, 2.45) is 0 Å². The van der Waals surface area contributed by atoms with E-state index in [0.29, 0.717) is 27.9 Å². The third-order valence-electron chi connectivity index (χ3n) is 4.42. The lowest BCUT2D eigenvalue weighted by atomic mass is 10.1. The summed E-state index contributed by atoms with van der Waals surface area (Å²) >= 11 is 15.1. The summed E-state index contributed by atoms with van der Waals surface area (Å²) in [6.07, 6.45) is 1.69. The lowest BCUT2D eigenvalue weighted by Crippen LogP contribution is -2.35. The van der Waals surface area contributed by atoms with E-state index in [1.165, 1.54) is 11.3 Å². The summed E-state index contributed by atoms with van der Waals surface area (Å²) < 4.78 is 0. The molecule has 1 aromatic heterocycles. The molecule has 8 heteroatoms. The Balaban J connectivity index is 1.55. The monoisotopic (exact) mass is 504 g/mol. The lowest BCUT2D eigenvalue weighted by molar-refractivity contribution is -0.117. The molecule has 0 aliphatic carbocycles. The first-order valence-electron chi connectivity index (χ1n) is 9.85. The molecule has 0 aliphatic rings. The molecule has 1 heterocycles.